The molecule has 1 radical (unpaired) electrons. The van der Waals surface area contributed by atoms with E-state index in [-0.39, 0.29) is 0 Å². The van der Waals surface area contributed by atoms with Crippen molar-refractivity contribution in [2.75, 3.05) is 6.61 Å². The van der Waals surface area contributed by atoms with Crippen molar-refractivity contribution in [3.05, 3.63) is 6.42 Å². The van der Waals surface area contributed by atoms with Gasteiger partial charge in [-0.3, -0.25) is 0 Å². The van der Waals surface area contributed by atoms with Crippen molar-refractivity contribution in [1.82, 2.24) is 0 Å². The molecule has 0 rings (SSSR count). The fraction of sp³-hybridized carbons (Fsp3) is 0.600. The molecule has 0 saturated heterocycles. The highest BCUT2D eigenvalue weighted by molar-refractivity contribution is 5.64. The Hall–Kier alpha value is -0.730. The highest BCUT2D eigenvalue weighted by atomic mass is 16.5. The normalized spacial score (nSPS) is 8.62. The minimum Gasteiger partial charge on any atom is -0.450 e. The van der Waals surface area contributed by atoms with Gasteiger partial charge in [0.1, 0.15) is 0 Å². The van der Waals surface area contributed by atoms with E-state index in [2.05, 4.69) is 10.5 Å². The van der Waals surface area contributed by atoms with Gasteiger partial charge in [-0.2, -0.15) is 0 Å². The number of nitrogens with two attached hydrogens (primary N) is 1. The van der Waals surface area contributed by atoms with Gasteiger partial charge in [0, 0.05) is 0 Å². The molecule has 3 nitrogen and oxygen atoms in total. The number of primary amides is 1. The fourth-order valence-corrected chi connectivity index (χ4v) is 0.277. The number of hydrogen-bond donors (Lipinski definition) is 1. The molecule has 2 N–H and O–H groups in total. The van der Waals surface area contributed by atoms with Crippen LogP contribution in [0.3, 0.4) is 0 Å². The summed E-state index contributed by atoms with van der Waals surface area (Å²) in [5.41, 5.74) is 4.66. The summed E-state index contributed by atoms with van der Waals surface area (Å²) < 4.78 is 4.39. The summed E-state index contributed by atoms with van der Waals surface area (Å²) in [6.07, 6.45) is 1.97. The lowest BCUT2D eigenvalue weighted by atomic mass is 10.4. The summed E-state index contributed by atoms with van der Waals surface area (Å²) in [7, 11) is 0. The third-order valence-corrected chi connectivity index (χ3v) is 0.651. The lowest BCUT2D eigenvalue weighted by Crippen LogP contribution is -2.13. The van der Waals surface area contributed by atoms with Crippen LogP contribution in [0, 0.1) is 6.42 Å². The number of carbonyl (C=O) groups excluding carboxylic acids is 1. The molecule has 0 aliphatic rings. The van der Waals surface area contributed by atoms with Crippen LogP contribution in [0.2, 0.25) is 0 Å². The Labute approximate surface area is 48.8 Å². The largest absolute Gasteiger partial charge is 0.450 e. The molecule has 0 spiro atoms. The monoisotopic (exact) mass is 116 g/mol. The van der Waals surface area contributed by atoms with Crippen LogP contribution in [0.1, 0.15) is 13.3 Å². The average Bonchev–Trinajstić information content (AvgIpc) is 1.66. The third-order valence-electron chi connectivity index (χ3n) is 0.651. The van der Waals surface area contributed by atoms with Crippen molar-refractivity contribution in [2.24, 2.45) is 5.73 Å². The van der Waals surface area contributed by atoms with E-state index in [4.69, 9.17) is 0 Å². The number of amides is 1. The molecule has 0 aromatic carbocycles. The van der Waals surface area contributed by atoms with Crippen LogP contribution < -0.4 is 5.73 Å². The molecule has 0 unspecified atom stereocenters. The van der Waals surface area contributed by atoms with Crippen molar-refractivity contribution in [2.45, 2.75) is 13.3 Å². The van der Waals surface area contributed by atoms with Crippen LogP contribution in [0.15, 0.2) is 0 Å². The summed E-state index contributed by atoms with van der Waals surface area (Å²) in [4.78, 5) is 9.86. The highest BCUT2D eigenvalue weighted by Crippen LogP contribution is 1.84. The molecule has 8 heavy (non-hydrogen) atoms. The van der Waals surface area contributed by atoms with Gasteiger partial charge >= 0.3 is 6.09 Å². The Kier molecular flexibility index (Phi) is 4.03. The van der Waals surface area contributed by atoms with E-state index < -0.39 is 6.09 Å². The molecule has 3 heteroatoms. The van der Waals surface area contributed by atoms with Crippen LogP contribution in [0.4, 0.5) is 4.79 Å². The summed E-state index contributed by atoms with van der Waals surface area (Å²) in [6, 6.07) is 0. The van der Waals surface area contributed by atoms with Gasteiger partial charge in [-0.15, -0.1) is 0 Å². The molecule has 47 valence electrons. The Morgan fingerprint density at radius 2 is 2.50 bits per heavy atom. The van der Waals surface area contributed by atoms with E-state index in [1.165, 1.54) is 0 Å². The standard InChI is InChI=1S/C5H10NO2/c1-2-3-4-8-5(6)7/h2H,3-4H2,1H3,(H2,6,7). The number of carbonyl (C=O) groups is 1. The predicted octanol–water partition coefficient (Wildman–Crippen LogP) is 0.696. The number of rotatable bonds is 3. The van der Waals surface area contributed by atoms with Crippen molar-refractivity contribution < 1.29 is 9.53 Å². The Balaban J connectivity index is 2.82. The minimum atomic E-state index is -0.702. The van der Waals surface area contributed by atoms with Gasteiger partial charge in [0.2, 0.25) is 0 Å². The Bertz CT molecular complexity index is 72.8. The average molecular weight is 116 g/mol. The van der Waals surface area contributed by atoms with Crippen molar-refractivity contribution in [3.63, 3.8) is 0 Å². The highest BCUT2D eigenvalue weighted by Gasteiger charge is 1.88. The molecule has 0 saturated carbocycles. The Morgan fingerprint density at radius 3 is 2.88 bits per heavy atom. The minimum absolute atomic E-state index is 0.395. The first-order chi connectivity index (χ1) is 3.77. The maximum absolute atomic E-state index is 9.86. The van der Waals surface area contributed by atoms with Gasteiger partial charge in [0.15, 0.2) is 0 Å². The maximum Gasteiger partial charge on any atom is 0.404 e. The SMILES string of the molecule is C[CH]CCOC(N)=O. The summed E-state index contributed by atoms with van der Waals surface area (Å²) >= 11 is 0. The second-order valence-electron chi connectivity index (χ2n) is 1.36. The van der Waals surface area contributed by atoms with E-state index in [0.29, 0.717) is 6.61 Å². The van der Waals surface area contributed by atoms with Crippen molar-refractivity contribution in [3.8, 4) is 0 Å². The zero-order chi connectivity index (χ0) is 6.41. The van der Waals surface area contributed by atoms with Gasteiger partial charge in [-0.1, -0.05) is 6.92 Å². The first kappa shape index (κ1) is 7.27. The molecule has 0 fully saturated rings. The van der Waals surface area contributed by atoms with Crippen molar-refractivity contribution >= 4 is 6.09 Å². The lowest BCUT2D eigenvalue weighted by Gasteiger charge is -1.95. The van der Waals surface area contributed by atoms with Crippen molar-refractivity contribution in [1.29, 1.82) is 0 Å². The number of hydrogen-bond acceptors (Lipinski definition) is 2. The van der Waals surface area contributed by atoms with Gasteiger partial charge < -0.3 is 10.5 Å². The Morgan fingerprint density at radius 1 is 1.88 bits per heavy atom. The quantitative estimate of drug-likeness (QED) is 0.551. The van der Waals surface area contributed by atoms with E-state index in [1.54, 1.807) is 0 Å². The molecule has 0 aromatic rings. The van der Waals surface area contributed by atoms with Crippen LogP contribution in [-0.4, -0.2) is 12.7 Å². The molecule has 0 bridgehead atoms. The van der Waals surface area contributed by atoms with Gasteiger partial charge in [-0.25, -0.2) is 4.79 Å². The van der Waals surface area contributed by atoms with E-state index >= 15 is 0 Å². The van der Waals surface area contributed by atoms with Gasteiger partial charge in [-0.05, 0) is 12.8 Å². The summed E-state index contributed by atoms with van der Waals surface area (Å²) in [5.74, 6) is 0. The fourth-order valence-electron chi connectivity index (χ4n) is 0.277. The second kappa shape index (κ2) is 4.43. The molecule has 0 atom stereocenters. The second-order valence-corrected chi connectivity index (χ2v) is 1.36. The number of unbranched alkanes of at least 4 members (excludes halogenated alkanes) is 1. The summed E-state index contributed by atoms with van der Waals surface area (Å²) in [5, 5.41) is 0. The van der Waals surface area contributed by atoms with E-state index in [1.807, 2.05) is 13.3 Å². The van der Waals surface area contributed by atoms with E-state index in [9.17, 15) is 4.79 Å². The first-order valence-electron chi connectivity index (χ1n) is 2.47. The van der Waals surface area contributed by atoms with E-state index in [0.717, 1.165) is 6.42 Å². The maximum atomic E-state index is 9.86. The lowest BCUT2D eigenvalue weighted by molar-refractivity contribution is 0.158. The zero-order valence-corrected chi connectivity index (χ0v) is 4.89. The predicted molar refractivity (Wildman–Crippen MR) is 30.1 cm³/mol. The van der Waals surface area contributed by atoms with Gasteiger partial charge in [0.25, 0.3) is 0 Å². The van der Waals surface area contributed by atoms with Crippen LogP contribution >= 0.6 is 0 Å². The molecule has 0 aromatic heterocycles. The van der Waals surface area contributed by atoms with Crippen LogP contribution in [-0.2, 0) is 4.74 Å². The smallest absolute Gasteiger partial charge is 0.404 e. The molecule has 1 amide bonds. The van der Waals surface area contributed by atoms with Crippen LogP contribution in [0.5, 0.6) is 0 Å². The molecule has 0 heterocycles. The topological polar surface area (TPSA) is 52.3 Å². The van der Waals surface area contributed by atoms with Crippen LogP contribution in [0.25, 0.3) is 0 Å². The van der Waals surface area contributed by atoms with Gasteiger partial charge in [0.05, 0.1) is 6.61 Å². The zero-order valence-electron chi connectivity index (χ0n) is 4.89. The first-order valence-corrected chi connectivity index (χ1v) is 2.47. The number of ether oxygens (including phenoxy) is 1. The molecule has 0 aliphatic carbocycles. The third kappa shape index (κ3) is 5.27. The molecular weight excluding hydrogens is 106 g/mol. The molecule has 0 aliphatic heterocycles. The summed E-state index contributed by atoms with van der Waals surface area (Å²) in [6.45, 7) is 2.29. The molecular formula is C5H10NO2.